The van der Waals surface area contributed by atoms with E-state index < -0.39 is 0 Å². The van der Waals surface area contributed by atoms with Crippen LogP contribution in [0.4, 0.5) is 0 Å². The van der Waals surface area contributed by atoms with Crippen LogP contribution in [0.2, 0.25) is 0 Å². The Morgan fingerprint density at radius 1 is 1.25 bits per heavy atom. The van der Waals surface area contributed by atoms with Crippen molar-refractivity contribution in [3.05, 3.63) is 0 Å². The summed E-state index contributed by atoms with van der Waals surface area (Å²) in [7, 11) is 0. The van der Waals surface area contributed by atoms with Crippen LogP contribution in [0, 0.1) is 11.3 Å². The SMILES string of the molecule is CCNC(C)(C#N)CCCN1CCN(C(C)CC)CC1. The van der Waals surface area contributed by atoms with Gasteiger partial charge in [-0.05, 0) is 46.2 Å². The molecule has 0 spiro atoms. The summed E-state index contributed by atoms with van der Waals surface area (Å²) in [5, 5.41) is 12.5. The lowest BCUT2D eigenvalue weighted by atomic mass is 9.97. The summed E-state index contributed by atoms with van der Waals surface area (Å²) >= 11 is 0. The summed E-state index contributed by atoms with van der Waals surface area (Å²) in [5.41, 5.74) is -0.354. The molecule has 0 amide bonds. The zero-order valence-corrected chi connectivity index (χ0v) is 13.8. The van der Waals surface area contributed by atoms with E-state index in [1.54, 1.807) is 0 Å². The molecular weight excluding hydrogens is 248 g/mol. The molecule has 1 rings (SSSR count). The molecule has 0 saturated carbocycles. The summed E-state index contributed by atoms with van der Waals surface area (Å²) in [5.74, 6) is 0. The highest BCUT2D eigenvalue weighted by Gasteiger charge is 2.23. The van der Waals surface area contributed by atoms with Gasteiger partial charge < -0.3 is 4.90 Å². The molecule has 1 aliphatic rings. The van der Waals surface area contributed by atoms with E-state index in [-0.39, 0.29) is 5.54 Å². The number of nitriles is 1. The maximum Gasteiger partial charge on any atom is 0.103 e. The molecule has 1 saturated heterocycles. The van der Waals surface area contributed by atoms with Crippen LogP contribution >= 0.6 is 0 Å². The van der Waals surface area contributed by atoms with Crippen LogP contribution < -0.4 is 5.32 Å². The topological polar surface area (TPSA) is 42.3 Å². The van der Waals surface area contributed by atoms with Gasteiger partial charge in [0.15, 0.2) is 0 Å². The molecule has 1 aliphatic heterocycles. The number of nitrogens with one attached hydrogen (secondary N) is 1. The van der Waals surface area contributed by atoms with Crippen molar-refractivity contribution in [2.45, 2.75) is 58.5 Å². The fourth-order valence-electron chi connectivity index (χ4n) is 2.92. The van der Waals surface area contributed by atoms with Crippen molar-refractivity contribution in [3.8, 4) is 6.07 Å². The standard InChI is InChI=1S/C16H32N4/c1-5-15(3)20-12-10-19(11-13-20)9-7-8-16(4,14-17)18-6-2/h15,18H,5-13H2,1-4H3. The molecule has 20 heavy (non-hydrogen) atoms. The molecule has 2 unspecified atom stereocenters. The van der Waals surface area contributed by atoms with Gasteiger partial charge in [-0.15, -0.1) is 0 Å². The summed E-state index contributed by atoms with van der Waals surface area (Å²) in [6.07, 6.45) is 3.27. The van der Waals surface area contributed by atoms with Gasteiger partial charge in [0.05, 0.1) is 6.07 Å². The Morgan fingerprint density at radius 3 is 2.40 bits per heavy atom. The molecule has 0 radical (unpaired) electrons. The molecular formula is C16H32N4. The highest BCUT2D eigenvalue weighted by atomic mass is 15.3. The van der Waals surface area contributed by atoms with Crippen molar-refractivity contribution in [2.75, 3.05) is 39.3 Å². The molecule has 0 aromatic heterocycles. The van der Waals surface area contributed by atoms with Gasteiger partial charge in [-0.3, -0.25) is 10.2 Å². The maximum atomic E-state index is 9.24. The van der Waals surface area contributed by atoms with Gasteiger partial charge in [-0.2, -0.15) is 5.26 Å². The Hall–Kier alpha value is -0.630. The number of hydrogen-bond acceptors (Lipinski definition) is 4. The first-order chi connectivity index (χ1) is 9.54. The third kappa shape index (κ3) is 5.40. The normalized spacial score (nSPS) is 22.1. The molecule has 1 fully saturated rings. The first kappa shape index (κ1) is 17.4. The van der Waals surface area contributed by atoms with Crippen molar-refractivity contribution in [2.24, 2.45) is 0 Å². The minimum absolute atomic E-state index is 0.354. The molecule has 4 heteroatoms. The van der Waals surface area contributed by atoms with Crippen LogP contribution in [-0.4, -0.2) is 60.6 Å². The van der Waals surface area contributed by atoms with Crippen molar-refractivity contribution >= 4 is 0 Å². The fourth-order valence-corrected chi connectivity index (χ4v) is 2.92. The third-order valence-electron chi connectivity index (χ3n) is 4.59. The lowest BCUT2D eigenvalue weighted by molar-refractivity contribution is 0.0985. The Morgan fingerprint density at radius 2 is 1.90 bits per heavy atom. The monoisotopic (exact) mass is 280 g/mol. The second-order valence-electron chi connectivity index (χ2n) is 6.21. The zero-order valence-electron chi connectivity index (χ0n) is 13.8. The largest absolute Gasteiger partial charge is 0.301 e. The van der Waals surface area contributed by atoms with Gasteiger partial charge in [-0.25, -0.2) is 0 Å². The van der Waals surface area contributed by atoms with E-state index in [0.29, 0.717) is 6.04 Å². The molecule has 0 aliphatic carbocycles. The minimum Gasteiger partial charge on any atom is -0.301 e. The average molecular weight is 280 g/mol. The second-order valence-corrected chi connectivity index (χ2v) is 6.21. The lowest BCUT2D eigenvalue weighted by Gasteiger charge is -2.38. The van der Waals surface area contributed by atoms with E-state index in [9.17, 15) is 5.26 Å². The predicted molar refractivity (Wildman–Crippen MR) is 84.7 cm³/mol. The summed E-state index contributed by atoms with van der Waals surface area (Å²) in [6, 6.07) is 3.12. The Labute approximate surface area is 125 Å². The Bertz CT molecular complexity index is 304. The second kappa shape index (κ2) is 8.61. The molecule has 1 N–H and O–H groups in total. The van der Waals surface area contributed by atoms with E-state index in [1.165, 1.54) is 32.6 Å². The predicted octanol–water partition coefficient (Wildman–Crippen LogP) is 2.07. The van der Waals surface area contributed by atoms with Gasteiger partial charge in [0, 0.05) is 32.2 Å². The quantitative estimate of drug-likeness (QED) is 0.739. The number of rotatable bonds is 8. The van der Waals surface area contributed by atoms with E-state index in [1.807, 2.05) is 6.92 Å². The van der Waals surface area contributed by atoms with Crippen LogP contribution in [-0.2, 0) is 0 Å². The molecule has 1 heterocycles. The van der Waals surface area contributed by atoms with E-state index in [2.05, 4.69) is 42.0 Å². The number of nitrogens with zero attached hydrogens (tertiary/aromatic N) is 3. The average Bonchev–Trinajstić information content (AvgIpc) is 2.47. The smallest absolute Gasteiger partial charge is 0.103 e. The molecule has 0 bridgehead atoms. The van der Waals surface area contributed by atoms with Gasteiger partial charge >= 0.3 is 0 Å². The summed E-state index contributed by atoms with van der Waals surface area (Å²) in [4.78, 5) is 5.14. The highest BCUT2D eigenvalue weighted by Crippen LogP contribution is 2.13. The molecule has 4 nitrogen and oxygen atoms in total. The first-order valence-electron chi connectivity index (χ1n) is 8.17. The lowest BCUT2D eigenvalue weighted by Crippen LogP contribution is -2.49. The summed E-state index contributed by atoms with van der Waals surface area (Å²) < 4.78 is 0. The summed E-state index contributed by atoms with van der Waals surface area (Å²) in [6.45, 7) is 15.4. The molecule has 0 aromatic carbocycles. The fraction of sp³-hybridized carbons (Fsp3) is 0.938. The number of piperazine rings is 1. The first-order valence-corrected chi connectivity index (χ1v) is 8.17. The molecule has 0 aromatic rings. The minimum atomic E-state index is -0.354. The van der Waals surface area contributed by atoms with E-state index in [4.69, 9.17) is 0 Å². The molecule has 116 valence electrons. The van der Waals surface area contributed by atoms with Crippen molar-refractivity contribution in [1.82, 2.24) is 15.1 Å². The van der Waals surface area contributed by atoms with Gasteiger partial charge in [-0.1, -0.05) is 13.8 Å². The van der Waals surface area contributed by atoms with Crippen LogP contribution in [0.1, 0.15) is 47.0 Å². The van der Waals surface area contributed by atoms with Gasteiger partial charge in [0.25, 0.3) is 0 Å². The van der Waals surface area contributed by atoms with Crippen LogP contribution in [0.15, 0.2) is 0 Å². The molecule has 2 atom stereocenters. The van der Waals surface area contributed by atoms with E-state index in [0.717, 1.165) is 25.9 Å². The van der Waals surface area contributed by atoms with Crippen molar-refractivity contribution in [1.29, 1.82) is 5.26 Å². The zero-order chi connectivity index (χ0) is 15.0. The Kier molecular flexibility index (Phi) is 7.50. The van der Waals surface area contributed by atoms with Gasteiger partial charge in [0.1, 0.15) is 5.54 Å². The third-order valence-corrected chi connectivity index (χ3v) is 4.59. The maximum absolute atomic E-state index is 9.24. The van der Waals surface area contributed by atoms with Crippen molar-refractivity contribution < 1.29 is 0 Å². The van der Waals surface area contributed by atoms with Crippen LogP contribution in [0.3, 0.4) is 0 Å². The van der Waals surface area contributed by atoms with Gasteiger partial charge in [0.2, 0.25) is 0 Å². The Balaban J connectivity index is 2.23. The van der Waals surface area contributed by atoms with E-state index >= 15 is 0 Å². The highest BCUT2D eigenvalue weighted by molar-refractivity contribution is 5.03. The van der Waals surface area contributed by atoms with Crippen molar-refractivity contribution in [3.63, 3.8) is 0 Å². The van der Waals surface area contributed by atoms with Crippen LogP contribution in [0.5, 0.6) is 0 Å². The number of hydrogen-bond donors (Lipinski definition) is 1. The van der Waals surface area contributed by atoms with Crippen LogP contribution in [0.25, 0.3) is 0 Å².